The highest BCUT2D eigenvalue weighted by molar-refractivity contribution is 6.01. The van der Waals surface area contributed by atoms with E-state index in [-0.39, 0.29) is 18.6 Å². The Hall–Kier alpha value is -1.78. The number of carbonyl (C=O) groups excluding carboxylic acids is 1. The fourth-order valence-electron chi connectivity index (χ4n) is 1.64. The first-order chi connectivity index (χ1) is 6.65. The number of carboxylic acids is 1. The first-order valence-corrected chi connectivity index (χ1v) is 4.17. The molecule has 0 saturated heterocycles. The zero-order valence-corrected chi connectivity index (χ0v) is 7.30. The number of carbonyl (C=O) groups is 2. The largest absolute Gasteiger partial charge is 0.481 e. The normalized spacial score (nSPS) is 18.7. The van der Waals surface area contributed by atoms with Crippen LogP contribution in [0.4, 0.5) is 0 Å². The molecule has 0 aliphatic heterocycles. The Labute approximate surface area is 79.8 Å². The minimum absolute atomic E-state index is 0.0361. The minimum Gasteiger partial charge on any atom is -0.481 e. The molecule has 1 aliphatic rings. The number of aromatic nitrogens is 2. The lowest BCUT2D eigenvalue weighted by molar-refractivity contribution is -0.153. The summed E-state index contributed by atoms with van der Waals surface area (Å²) in [5.41, 5.74) is -0.681. The Morgan fingerprint density at radius 1 is 1.50 bits per heavy atom. The number of nitrogens with zero attached hydrogens (tertiary/aromatic N) is 2. The molecule has 1 saturated carbocycles. The summed E-state index contributed by atoms with van der Waals surface area (Å²) in [6.45, 7) is 0. The number of rotatable bonds is 2. The number of carboxylic acid groups (broad SMARTS) is 1. The van der Waals surface area contributed by atoms with E-state index < -0.39 is 11.4 Å². The molecule has 0 radical (unpaired) electrons. The van der Waals surface area contributed by atoms with E-state index in [1.807, 2.05) is 0 Å². The van der Waals surface area contributed by atoms with Crippen molar-refractivity contribution in [1.82, 2.24) is 9.97 Å². The van der Waals surface area contributed by atoms with E-state index in [9.17, 15) is 9.59 Å². The van der Waals surface area contributed by atoms with Gasteiger partial charge >= 0.3 is 5.97 Å². The highest BCUT2D eigenvalue weighted by Crippen LogP contribution is 2.40. The van der Waals surface area contributed by atoms with E-state index in [0.29, 0.717) is 5.69 Å². The fourth-order valence-corrected chi connectivity index (χ4v) is 1.64. The number of aliphatic carboxylic acids is 1. The highest BCUT2D eigenvalue weighted by atomic mass is 16.4. The van der Waals surface area contributed by atoms with Crippen molar-refractivity contribution >= 4 is 11.8 Å². The van der Waals surface area contributed by atoms with Gasteiger partial charge in [-0.05, 0) is 6.07 Å². The summed E-state index contributed by atoms with van der Waals surface area (Å²) in [4.78, 5) is 29.5. The van der Waals surface area contributed by atoms with Crippen molar-refractivity contribution in [1.29, 1.82) is 0 Å². The fraction of sp³-hybridized carbons (Fsp3) is 0.333. The van der Waals surface area contributed by atoms with Crippen LogP contribution in [-0.2, 0) is 15.0 Å². The standard InChI is InChI=1S/C9H8N2O3/c12-6-3-9(4-6,8(13)14)7-1-2-10-5-11-7/h1-2,5H,3-4H2,(H,13,14). The Balaban J connectivity index is 2.39. The number of Topliss-reactive ketones (excluding diaryl/α,β-unsaturated/α-hetero) is 1. The molecule has 1 aromatic heterocycles. The lowest BCUT2D eigenvalue weighted by Crippen LogP contribution is -2.48. The van der Waals surface area contributed by atoms with Crippen LogP contribution >= 0.6 is 0 Å². The number of hydrogen-bond acceptors (Lipinski definition) is 4. The summed E-state index contributed by atoms with van der Waals surface area (Å²) in [6, 6.07) is 1.54. The van der Waals surface area contributed by atoms with Crippen molar-refractivity contribution in [2.24, 2.45) is 0 Å². The van der Waals surface area contributed by atoms with Crippen molar-refractivity contribution in [3.05, 3.63) is 24.3 Å². The monoisotopic (exact) mass is 192 g/mol. The first kappa shape index (κ1) is 8.80. The predicted octanol–water partition coefficient (Wildman–Crippen LogP) is 0.162. The zero-order chi connectivity index (χ0) is 10.2. The molecule has 1 N–H and O–H groups in total. The molecule has 0 unspecified atom stereocenters. The van der Waals surface area contributed by atoms with Crippen molar-refractivity contribution < 1.29 is 14.7 Å². The summed E-state index contributed by atoms with van der Waals surface area (Å²) in [7, 11) is 0. The molecule has 2 rings (SSSR count). The van der Waals surface area contributed by atoms with Crippen LogP contribution in [0.1, 0.15) is 18.5 Å². The Morgan fingerprint density at radius 2 is 2.21 bits per heavy atom. The van der Waals surface area contributed by atoms with Gasteiger partial charge in [0, 0.05) is 19.0 Å². The van der Waals surface area contributed by atoms with Crippen LogP contribution < -0.4 is 0 Å². The van der Waals surface area contributed by atoms with Crippen LogP contribution in [0.2, 0.25) is 0 Å². The molecule has 1 aliphatic carbocycles. The van der Waals surface area contributed by atoms with Crippen molar-refractivity contribution in [2.45, 2.75) is 18.3 Å². The van der Waals surface area contributed by atoms with E-state index in [4.69, 9.17) is 5.11 Å². The third-order valence-electron chi connectivity index (χ3n) is 2.48. The first-order valence-electron chi connectivity index (χ1n) is 4.17. The van der Waals surface area contributed by atoms with Gasteiger partial charge in [-0.3, -0.25) is 9.59 Å². The van der Waals surface area contributed by atoms with E-state index in [0.717, 1.165) is 0 Å². The van der Waals surface area contributed by atoms with E-state index in [1.54, 1.807) is 6.07 Å². The van der Waals surface area contributed by atoms with E-state index in [1.165, 1.54) is 12.5 Å². The SMILES string of the molecule is O=C1CC(C(=O)O)(c2ccncn2)C1. The van der Waals surface area contributed by atoms with Gasteiger partial charge in [-0.15, -0.1) is 0 Å². The highest BCUT2D eigenvalue weighted by Gasteiger charge is 2.52. The average Bonchev–Trinajstić information content (AvgIpc) is 2.13. The molecule has 72 valence electrons. The zero-order valence-electron chi connectivity index (χ0n) is 7.30. The van der Waals surface area contributed by atoms with Gasteiger partial charge in [0.25, 0.3) is 0 Å². The quantitative estimate of drug-likeness (QED) is 0.722. The second-order valence-electron chi connectivity index (χ2n) is 3.37. The smallest absolute Gasteiger partial charge is 0.316 e. The lowest BCUT2D eigenvalue weighted by Gasteiger charge is -2.35. The summed E-state index contributed by atoms with van der Waals surface area (Å²) in [6.07, 6.45) is 2.86. The lowest BCUT2D eigenvalue weighted by atomic mass is 9.65. The molecule has 1 heterocycles. The second-order valence-corrected chi connectivity index (χ2v) is 3.37. The maximum atomic E-state index is 11.0. The summed E-state index contributed by atoms with van der Waals surface area (Å²) < 4.78 is 0. The molecule has 14 heavy (non-hydrogen) atoms. The molecule has 5 nitrogen and oxygen atoms in total. The Kier molecular flexibility index (Phi) is 1.80. The van der Waals surface area contributed by atoms with Gasteiger partial charge in [0.2, 0.25) is 0 Å². The summed E-state index contributed by atoms with van der Waals surface area (Å²) >= 11 is 0. The third-order valence-corrected chi connectivity index (χ3v) is 2.48. The number of hydrogen-bond donors (Lipinski definition) is 1. The van der Waals surface area contributed by atoms with Crippen molar-refractivity contribution in [2.75, 3.05) is 0 Å². The second kappa shape index (κ2) is 2.87. The topological polar surface area (TPSA) is 80.2 Å². The van der Waals surface area contributed by atoms with Gasteiger partial charge in [0.1, 0.15) is 17.5 Å². The molecule has 0 bridgehead atoms. The Bertz CT molecular complexity index is 380. The predicted molar refractivity (Wildman–Crippen MR) is 45.6 cm³/mol. The molecule has 0 amide bonds. The molecular formula is C9H8N2O3. The van der Waals surface area contributed by atoms with Crippen LogP contribution in [0.3, 0.4) is 0 Å². The molecule has 0 spiro atoms. The van der Waals surface area contributed by atoms with Gasteiger partial charge in [0.15, 0.2) is 0 Å². The molecule has 1 aromatic rings. The van der Waals surface area contributed by atoms with Crippen LogP contribution in [-0.4, -0.2) is 26.8 Å². The Morgan fingerprint density at radius 3 is 2.64 bits per heavy atom. The van der Waals surface area contributed by atoms with Gasteiger partial charge in [-0.2, -0.15) is 0 Å². The van der Waals surface area contributed by atoms with Crippen LogP contribution in [0.5, 0.6) is 0 Å². The third kappa shape index (κ3) is 1.09. The molecule has 0 aromatic carbocycles. The summed E-state index contributed by atoms with van der Waals surface area (Å²) in [5, 5.41) is 9.04. The molecule has 1 fully saturated rings. The maximum absolute atomic E-state index is 11.0. The van der Waals surface area contributed by atoms with Crippen molar-refractivity contribution in [3.8, 4) is 0 Å². The summed E-state index contributed by atoms with van der Waals surface area (Å²) in [5.74, 6) is -1.03. The molecule has 5 heteroatoms. The number of ketones is 1. The molecular weight excluding hydrogens is 184 g/mol. The minimum atomic E-state index is -1.10. The molecule has 0 atom stereocenters. The van der Waals surface area contributed by atoms with Gasteiger partial charge in [0.05, 0.1) is 5.69 Å². The van der Waals surface area contributed by atoms with E-state index >= 15 is 0 Å². The maximum Gasteiger partial charge on any atom is 0.316 e. The van der Waals surface area contributed by atoms with Gasteiger partial charge < -0.3 is 5.11 Å². The van der Waals surface area contributed by atoms with E-state index in [2.05, 4.69) is 9.97 Å². The van der Waals surface area contributed by atoms with Gasteiger partial charge in [-0.25, -0.2) is 9.97 Å². The average molecular weight is 192 g/mol. The van der Waals surface area contributed by atoms with Crippen molar-refractivity contribution in [3.63, 3.8) is 0 Å². The van der Waals surface area contributed by atoms with Gasteiger partial charge in [-0.1, -0.05) is 0 Å². The van der Waals surface area contributed by atoms with Crippen LogP contribution in [0, 0.1) is 0 Å². The van der Waals surface area contributed by atoms with Crippen LogP contribution in [0.15, 0.2) is 18.6 Å². The van der Waals surface area contributed by atoms with Crippen LogP contribution in [0.25, 0.3) is 0 Å².